The summed E-state index contributed by atoms with van der Waals surface area (Å²) in [5.74, 6) is 0.964. The molecule has 0 spiro atoms. The van der Waals surface area contributed by atoms with E-state index < -0.39 is 0 Å². The van der Waals surface area contributed by atoms with E-state index in [1.807, 2.05) is 60.5 Å². The predicted molar refractivity (Wildman–Crippen MR) is 154 cm³/mol. The van der Waals surface area contributed by atoms with Crippen LogP contribution in [-0.4, -0.2) is 59.9 Å². The number of para-hydroxylation sites is 1. The Balaban J connectivity index is 1.46. The summed E-state index contributed by atoms with van der Waals surface area (Å²) in [6, 6.07) is 22.7. The van der Waals surface area contributed by atoms with E-state index in [0.29, 0.717) is 36.8 Å². The van der Waals surface area contributed by atoms with E-state index in [2.05, 4.69) is 11.1 Å². The number of carbonyl (C=O) groups is 2. The van der Waals surface area contributed by atoms with Gasteiger partial charge in [-0.1, -0.05) is 48.9 Å². The molecule has 7 nitrogen and oxygen atoms in total. The molecular formula is C31H34ClN3O4. The van der Waals surface area contributed by atoms with Crippen LogP contribution in [0, 0.1) is 0 Å². The number of benzene rings is 3. The Morgan fingerprint density at radius 1 is 0.872 bits per heavy atom. The summed E-state index contributed by atoms with van der Waals surface area (Å²) in [6.07, 6.45) is 3.42. The lowest BCUT2D eigenvalue weighted by Crippen LogP contribution is -2.45. The highest BCUT2D eigenvalue weighted by Gasteiger charge is 2.22. The van der Waals surface area contributed by atoms with Crippen LogP contribution in [0.5, 0.6) is 11.5 Å². The summed E-state index contributed by atoms with van der Waals surface area (Å²) in [5.41, 5.74) is 3.21. The Hall–Kier alpha value is -3.97. The lowest BCUT2D eigenvalue weighted by Gasteiger charge is -2.28. The van der Waals surface area contributed by atoms with Crippen LogP contribution in [0.2, 0.25) is 5.02 Å². The quantitative estimate of drug-likeness (QED) is 0.232. The van der Waals surface area contributed by atoms with Crippen LogP contribution in [0.3, 0.4) is 0 Å². The van der Waals surface area contributed by atoms with E-state index in [1.54, 1.807) is 36.3 Å². The van der Waals surface area contributed by atoms with Gasteiger partial charge in [-0.2, -0.15) is 0 Å². The smallest absolute Gasteiger partial charge is 0.260 e. The molecule has 1 aromatic heterocycles. The van der Waals surface area contributed by atoms with Crippen molar-refractivity contribution in [3.05, 3.63) is 95.1 Å². The fourth-order valence-electron chi connectivity index (χ4n) is 4.43. The number of hydrogen-bond donors (Lipinski definition) is 1. The predicted octanol–water partition coefficient (Wildman–Crippen LogP) is 5.72. The van der Waals surface area contributed by atoms with Crippen molar-refractivity contribution in [3.63, 3.8) is 0 Å². The molecule has 8 heteroatoms. The number of nitrogens with zero attached hydrogens (tertiary/aromatic N) is 2. The molecule has 0 bridgehead atoms. The van der Waals surface area contributed by atoms with Crippen molar-refractivity contribution in [2.75, 3.05) is 33.4 Å². The number of aromatic amines is 1. The molecule has 0 atom stereocenters. The molecule has 0 aliphatic rings. The van der Waals surface area contributed by atoms with E-state index in [1.165, 1.54) is 0 Å². The number of rotatable bonds is 13. The number of fused-ring (bicyclic) bond motifs is 1. The molecule has 4 rings (SSSR count). The van der Waals surface area contributed by atoms with E-state index >= 15 is 0 Å². The van der Waals surface area contributed by atoms with Gasteiger partial charge in [-0.05, 0) is 66.4 Å². The fraction of sp³-hybridized carbons (Fsp3) is 0.290. The monoisotopic (exact) mass is 547 g/mol. The van der Waals surface area contributed by atoms with Gasteiger partial charge in [-0.25, -0.2) is 0 Å². The number of H-pyrrole nitrogens is 1. The van der Waals surface area contributed by atoms with Gasteiger partial charge in [-0.3, -0.25) is 9.59 Å². The molecule has 204 valence electrons. The number of aromatic nitrogens is 1. The Morgan fingerprint density at radius 3 is 2.31 bits per heavy atom. The summed E-state index contributed by atoms with van der Waals surface area (Å²) in [7, 11) is 1.63. The first-order chi connectivity index (χ1) is 19.0. The molecule has 3 aromatic carbocycles. The lowest BCUT2D eigenvalue weighted by molar-refractivity contribution is -0.142. The third kappa shape index (κ3) is 7.77. The number of hydrogen-bond acceptors (Lipinski definition) is 4. The van der Waals surface area contributed by atoms with Crippen molar-refractivity contribution in [1.82, 2.24) is 14.8 Å². The molecule has 0 aliphatic carbocycles. The van der Waals surface area contributed by atoms with E-state index in [-0.39, 0.29) is 25.0 Å². The maximum absolute atomic E-state index is 13.6. The van der Waals surface area contributed by atoms with Crippen LogP contribution < -0.4 is 9.47 Å². The normalized spacial score (nSPS) is 10.8. The largest absolute Gasteiger partial charge is 0.497 e. The summed E-state index contributed by atoms with van der Waals surface area (Å²) in [5, 5.41) is 1.74. The molecule has 0 fully saturated rings. The van der Waals surface area contributed by atoms with Crippen LogP contribution in [0.1, 0.15) is 24.5 Å². The van der Waals surface area contributed by atoms with Crippen molar-refractivity contribution < 1.29 is 19.1 Å². The summed E-state index contributed by atoms with van der Waals surface area (Å²) < 4.78 is 10.9. The number of nitrogens with one attached hydrogen (secondary N) is 1. The minimum atomic E-state index is -0.235. The van der Waals surface area contributed by atoms with Crippen molar-refractivity contribution in [3.8, 4) is 11.5 Å². The topological polar surface area (TPSA) is 74.9 Å². The Bertz CT molecular complexity index is 1370. The van der Waals surface area contributed by atoms with Gasteiger partial charge in [0.05, 0.1) is 13.7 Å². The number of carbonyl (C=O) groups excluding carboxylic acids is 2. The van der Waals surface area contributed by atoms with Crippen molar-refractivity contribution in [2.45, 2.75) is 26.3 Å². The van der Waals surface area contributed by atoms with Gasteiger partial charge in [-0.15, -0.1) is 0 Å². The highest BCUT2D eigenvalue weighted by atomic mass is 35.5. The first-order valence-corrected chi connectivity index (χ1v) is 13.5. The molecule has 0 saturated carbocycles. The summed E-state index contributed by atoms with van der Waals surface area (Å²) in [4.78, 5) is 33.4. The third-order valence-electron chi connectivity index (χ3n) is 6.56. The number of amides is 2. The molecule has 0 unspecified atom stereocenters. The average Bonchev–Trinajstić information content (AvgIpc) is 3.38. The molecule has 4 aromatic rings. The van der Waals surface area contributed by atoms with Crippen LogP contribution >= 0.6 is 11.6 Å². The molecule has 1 heterocycles. The van der Waals surface area contributed by atoms with Gasteiger partial charge in [0.15, 0.2) is 6.61 Å². The van der Waals surface area contributed by atoms with Gasteiger partial charge < -0.3 is 24.3 Å². The minimum Gasteiger partial charge on any atom is -0.497 e. The van der Waals surface area contributed by atoms with Crippen LogP contribution in [0.4, 0.5) is 0 Å². The second-order valence-corrected chi connectivity index (χ2v) is 9.77. The van der Waals surface area contributed by atoms with E-state index in [9.17, 15) is 9.59 Å². The average molecular weight is 548 g/mol. The van der Waals surface area contributed by atoms with Crippen LogP contribution in [0.15, 0.2) is 79.0 Å². The molecule has 0 aliphatic heterocycles. The Labute approximate surface area is 234 Å². The first-order valence-electron chi connectivity index (χ1n) is 13.1. The van der Waals surface area contributed by atoms with Gasteiger partial charge >= 0.3 is 0 Å². The summed E-state index contributed by atoms with van der Waals surface area (Å²) in [6.45, 7) is 3.23. The SMILES string of the molecule is CCCN(CC(=O)N(CCc1c[nH]c2ccccc12)Cc1ccc(OC)cc1)C(=O)COc1ccc(Cl)cc1. The molecule has 1 N–H and O–H groups in total. The maximum Gasteiger partial charge on any atom is 0.260 e. The first kappa shape index (κ1) is 28.0. The molecule has 2 amide bonds. The van der Waals surface area contributed by atoms with Gasteiger partial charge in [0.25, 0.3) is 5.91 Å². The molecule has 39 heavy (non-hydrogen) atoms. The fourth-order valence-corrected chi connectivity index (χ4v) is 4.56. The Kier molecular flexibility index (Phi) is 9.86. The van der Waals surface area contributed by atoms with Gasteiger partial charge in [0.2, 0.25) is 5.91 Å². The number of ether oxygens (including phenoxy) is 2. The zero-order valence-corrected chi connectivity index (χ0v) is 23.1. The lowest BCUT2D eigenvalue weighted by atomic mass is 10.1. The minimum absolute atomic E-state index is 0.0132. The third-order valence-corrected chi connectivity index (χ3v) is 6.81. The second-order valence-electron chi connectivity index (χ2n) is 9.33. The maximum atomic E-state index is 13.6. The zero-order valence-electron chi connectivity index (χ0n) is 22.4. The second kappa shape index (κ2) is 13.7. The van der Waals surface area contributed by atoms with Crippen molar-refractivity contribution in [2.24, 2.45) is 0 Å². The summed E-state index contributed by atoms with van der Waals surface area (Å²) >= 11 is 5.93. The van der Waals surface area contributed by atoms with Crippen LogP contribution in [0.25, 0.3) is 10.9 Å². The molecule has 0 saturated heterocycles. The van der Waals surface area contributed by atoms with Gasteiger partial charge in [0, 0.05) is 41.8 Å². The standard InChI is InChI=1S/C31H34ClN3O4/c1-3-17-34(31(37)22-39-27-14-10-25(32)11-15-27)21-30(36)35(20-23-8-12-26(38-2)13-9-23)18-16-24-19-33-29-7-5-4-6-28(24)29/h4-15,19,33H,3,16-18,20-22H2,1-2H3. The van der Waals surface area contributed by atoms with E-state index in [4.69, 9.17) is 21.1 Å². The van der Waals surface area contributed by atoms with Crippen molar-refractivity contribution >= 4 is 34.3 Å². The van der Waals surface area contributed by atoms with Crippen molar-refractivity contribution in [1.29, 1.82) is 0 Å². The zero-order chi connectivity index (χ0) is 27.6. The number of halogens is 1. The Morgan fingerprint density at radius 2 is 1.59 bits per heavy atom. The molecular weight excluding hydrogens is 514 g/mol. The highest BCUT2D eigenvalue weighted by Crippen LogP contribution is 2.20. The number of methoxy groups -OCH3 is 1. The van der Waals surface area contributed by atoms with Crippen LogP contribution in [-0.2, 0) is 22.6 Å². The molecule has 0 radical (unpaired) electrons. The van der Waals surface area contributed by atoms with Gasteiger partial charge in [0.1, 0.15) is 11.5 Å². The van der Waals surface area contributed by atoms with E-state index in [0.717, 1.165) is 34.2 Å². The highest BCUT2D eigenvalue weighted by molar-refractivity contribution is 6.30.